The van der Waals surface area contributed by atoms with Crippen molar-refractivity contribution in [2.45, 2.75) is 38.7 Å². The minimum Gasteiger partial charge on any atom is -0.391 e. The van der Waals surface area contributed by atoms with Gasteiger partial charge in [0.05, 0.1) is 39.9 Å². The van der Waals surface area contributed by atoms with Crippen LogP contribution < -0.4 is 10.2 Å². The summed E-state index contributed by atoms with van der Waals surface area (Å²) in [5.74, 6) is 0.718. The lowest BCUT2D eigenvalue weighted by Crippen LogP contribution is -2.38. The maximum absolute atomic E-state index is 11.6. The van der Waals surface area contributed by atoms with Gasteiger partial charge in [-0.15, -0.1) is 0 Å². The molecule has 0 radical (unpaired) electrons. The normalized spacial score (nSPS) is 17.1. The number of carbonyl (C=O) groups excluding carboxylic acids is 1. The second kappa shape index (κ2) is 8.86. The number of piperidine rings is 1. The van der Waals surface area contributed by atoms with Gasteiger partial charge in [0.25, 0.3) is 0 Å². The molecule has 5 heterocycles. The molecule has 178 valence electrons. The van der Waals surface area contributed by atoms with E-state index in [0.29, 0.717) is 11.7 Å². The van der Waals surface area contributed by atoms with Crippen LogP contribution in [0.4, 0.5) is 10.9 Å². The summed E-state index contributed by atoms with van der Waals surface area (Å²) in [5, 5.41) is 18.5. The van der Waals surface area contributed by atoms with Gasteiger partial charge in [-0.1, -0.05) is 11.3 Å². The summed E-state index contributed by atoms with van der Waals surface area (Å²) in [6.45, 7) is 2.98. The van der Waals surface area contributed by atoms with Crippen LogP contribution in [0.3, 0.4) is 0 Å². The molecule has 0 aromatic carbocycles. The zero-order valence-electron chi connectivity index (χ0n) is 19.3. The van der Waals surface area contributed by atoms with Crippen molar-refractivity contribution in [2.24, 2.45) is 0 Å². The van der Waals surface area contributed by atoms with Crippen LogP contribution in [0.1, 0.15) is 31.0 Å². The molecule has 0 saturated carbocycles. The minimum absolute atomic E-state index is 0.136. The summed E-state index contributed by atoms with van der Waals surface area (Å²) in [4.78, 5) is 28.5. The largest absolute Gasteiger partial charge is 0.391 e. The van der Waals surface area contributed by atoms with Gasteiger partial charge in [-0.05, 0) is 49.9 Å². The maximum atomic E-state index is 11.6. The predicted molar refractivity (Wildman–Crippen MR) is 135 cm³/mol. The summed E-state index contributed by atoms with van der Waals surface area (Å²) >= 11 is 1.47. The number of carbonyl (C=O) groups is 1. The Morgan fingerprint density at radius 3 is 2.89 bits per heavy atom. The van der Waals surface area contributed by atoms with Crippen molar-refractivity contribution in [1.82, 2.24) is 24.7 Å². The Bertz CT molecular complexity index is 1380. The lowest BCUT2D eigenvalue weighted by atomic mass is 9.95. The molecule has 1 fully saturated rings. The number of aryl methyl sites for hydroxylation is 1. The summed E-state index contributed by atoms with van der Waals surface area (Å²) in [6, 6.07) is 7.95. The lowest BCUT2D eigenvalue weighted by molar-refractivity contribution is -0.114. The molecule has 1 saturated heterocycles. The van der Waals surface area contributed by atoms with Crippen molar-refractivity contribution < 1.29 is 9.90 Å². The van der Waals surface area contributed by atoms with E-state index < -0.39 is 0 Å². The molecule has 6 rings (SSSR count). The monoisotopic (exact) mass is 487 g/mol. The third-order valence-electron chi connectivity index (χ3n) is 6.42. The van der Waals surface area contributed by atoms with Crippen molar-refractivity contribution in [3.05, 3.63) is 54.1 Å². The van der Waals surface area contributed by atoms with Gasteiger partial charge in [-0.2, -0.15) is 5.10 Å². The third-order valence-corrected chi connectivity index (χ3v) is 7.44. The van der Waals surface area contributed by atoms with Crippen molar-refractivity contribution in [3.8, 4) is 27.5 Å². The van der Waals surface area contributed by atoms with Crippen LogP contribution in [-0.4, -0.2) is 54.9 Å². The highest BCUT2D eigenvalue weighted by atomic mass is 32.1. The van der Waals surface area contributed by atoms with E-state index in [4.69, 9.17) is 10.1 Å². The standard InChI is InChI=1S/C25H25N7O2S/c1-15(33)28-25-29-20-8-7-19-22(16-4-2-10-26-12-16)30-32(23(19)24(20)35-25)17-6-9-21(27-13-17)31-11-3-5-18(34)14-31/h2,4,6,9-10,12-13,18,34H,3,5,7-8,11,14H2,1H3,(H,28,29,33). The van der Waals surface area contributed by atoms with Crippen molar-refractivity contribution in [1.29, 1.82) is 0 Å². The van der Waals surface area contributed by atoms with Crippen LogP contribution in [0, 0.1) is 0 Å². The molecule has 2 N–H and O–H groups in total. The van der Waals surface area contributed by atoms with Gasteiger partial charge in [-0.25, -0.2) is 14.6 Å². The molecule has 0 spiro atoms. The molecule has 1 unspecified atom stereocenters. The zero-order valence-corrected chi connectivity index (χ0v) is 20.1. The number of aliphatic hydroxyl groups is 1. The first-order chi connectivity index (χ1) is 17.1. The van der Waals surface area contributed by atoms with Gasteiger partial charge < -0.3 is 15.3 Å². The van der Waals surface area contributed by atoms with Crippen molar-refractivity contribution >= 4 is 28.2 Å². The number of β-amino-alcohol motifs (C(OH)–C–C–N with tert-alkyl or cyclic N) is 1. The topological polar surface area (TPSA) is 109 Å². The number of rotatable bonds is 4. The fourth-order valence-electron chi connectivity index (χ4n) is 4.85. The van der Waals surface area contributed by atoms with E-state index in [2.05, 4.69) is 20.2 Å². The van der Waals surface area contributed by atoms with Gasteiger partial charge in [0.15, 0.2) is 5.13 Å². The average molecular weight is 488 g/mol. The van der Waals surface area contributed by atoms with E-state index in [9.17, 15) is 9.90 Å². The molecule has 1 atom stereocenters. The van der Waals surface area contributed by atoms with Gasteiger partial charge in [-0.3, -0.25) is 9.78 Å². The SMILES string of the molecule is CC(=O)Nc1nc2c(s1)-c1c(c(-c3cccnc3)nn1-c1ccc(N3CCCC(O)C3)nc1)CC2. The smallest absolute Gasteiger partial charge is 0.223 e. The van der Waals surface area contributed by atoms with Crippen LogP contribution in [0.15, 0.2) is 42.9 Å². The first-order valence-corrected chi connectivity index (χ1v) is 12.6. The molecule has 10 heteroatoms. The summed E-state index contributed by atoms with van der Waals surface area (Å²) in [6.07, 6.45) is 8.49. The molecule has 35 heavy (non-hydrogen) atoms. The number of nitrogens with zero attached hydrogens (tertiary/aromatic N) is 6. The molecule has 4 aromatic heterocycles. The number of fused-ring (bicyclic) bond motifs is 3. The highest BCUT2D eigenvalue weighted by Gasteiger charge is 2.30. The molecule has 2 aliphatic rings. The molecule has 1 amide bonds. The highest BCUT2D eigenvalue weighted by molar-refractivity contribution is 7.19. The first-order valence-electron chi connectivity index (χ1n) is 11.8. The summed E-state index contributed by atoms with van der Waals surface area (Å²) < 4.78 is 1.94. The number of amides is 1. The van der Waals surface area contributed by atoms with Gasteiger partial charge in [0.2, 0.25) is 5.91 Å². The molecule has 4 aromatic rings. The van der Waals surface area contributed by atoms with Crippen LogP contribution in [0.2, 0.25) is 0 Å². The second-order valence-corrected chi connectivity index (χ2v) is 9.92. The lowest BCUT2D eigenvalue weighted by Gasteiger charge is -2.31. The number of pyridine rings is 2. The number of thiazole rings is 1. The van der Waals surface area contributed by atoms with E-state index in [1.165, 1.54) is 18.3 Å². The number of hydrogen-bond acceptors (Lipinski definition) is 8. The summed E-state index contributed by atoms with van der Waals surface area (Å²) in [5.41, 5.74) is 5.81. The Morgan fingerprint density at radius 2 is 2.14 bits per heavy atom. The zero-order chi connectivity index (χ0) is 23.9. The number of aromatic nitrogens is 5. The Morgan fingerprint density at radius 1 is 1.23 bits per heavy atom. The van der Waals surface area contributed by atoms with Gasteiger partial charge in [0, 0.05) is 43.5 Å². The molecule has 1 aliphatic carbocycles. The number of aliphatic hydroxyl groups excluding tert-OH is 1. The fraction of sp³-hybridized carbons (Fsp3) is 0.320. The molecule has 9 nitrogen and oxygen atoms in total. The molecule has 1 aliphatic heterocycles. The third kappa shape index (κ3) is 4.08. The fourth-order valence-corrected chi connectivity index (χ4v) is 5.96. The maximum Gasteiger partial charge on any atom is 0.223 e. The van der Waals surface area contributed by atoms with E-state index in [1.54, 1.807) is 6.20 Å². The predicted octanol–water partition coefficient (Wildman–Crippen LogP) is 3.47. The van der Waals surface area contributed by atoms with Crippen LogP contribution in [-0.2, 0) is 17.6 Å². The average Bonchev–Trinajstić information content (AvgIpc) is 3.45. The van der Waals surface area contributed by atoms with Crippen LogP contribution >= 0.6 is 11.3 Å². The first kappa shape index (κ1) is 21.9. The Kier molecular flexibility index (Phi) is 5.54. The van der Waals surface area contributed by atoms with E-state index in [-0.39, 0.29) is 12.0 Å². The van der Waals surface area contributed by atoms with E-state index in [0.717, 1.165) is 76.8 Å². The second-order valence-electron chi connectivity index (χ2n) is 8.92. The van der Waals surface area contributed by atoms with Crippen LogP contribution in [0.25, 0.3) is 27.5 Å². The molecular formula is C25H25N7O2S. The van der Waals surface area contributed by atoms with Crippen molar-refractivity contribution in [3.63, 3.8) is 0 Å². The Hall–Kier alpha value is -3.63. The number of hydrogen-bond donors (Lipinski definition) is 2. The summed E-state index contributed by atoms with van der Waals surface area (Å²) in [7, 11) is 0. The van der Waals surface area contributed by atoms with Crippen molar-refractivity contribution in [2.75, 3.05) is 23.3 Å². The van der Waals surface area contributed by atoms with E-state index >= 15 is 0 Å². The minimum atomic E-state index is -0.312. The molecular weight excluding hydrogens is 462 g/mol. The van der Waals surface area contributed by atoms with E-state index in [1.807, 2.05) is 41.3 Å². The van der Waals surface area contributed by atoms with Crippen LogP contribution in [0.5, 0.6) is 0 Å². The number of anilines is 2. The number of nitrogens with one attached hydrogen (secondary N) is 1. The molecule has 0 bridgehead atoms. The quantitative estimate of drug-likeness (QED) is 0.454. The Labute approximate surface area is 206 Å². The van der Waals surface area contributed by atoms with Gasteiger partial charge in [0.1, 0.15) is 5.82 Å². The highest BCUT2D eigenvalue weighted by Crippen LogP contribution is 2.44. The van der Waals surface area contributed by atoms with Gasteiger partial charge >= 0.3 is 0 Å². The Balaban J connectivity index is 1.45.